The molecule has 0 radical (unpaired) electrons. The van der Waals surface area contributed by atoms with Crippen LogP contribution in [-0.4, -0.2) is 49.3 Å². The predicted octanol–water partition coefficient (Wildman–Crippen LogP) is 2.11. The highest BCUT2D eigenvalue weighted by Crippen LogP contribution is 2.35. The number of pyridine rings is 1. The maximum atomic E-state index is 12.8. The molecule has 2 aliphatic rings. The Labute approximate surface area is 184 Å². The molecule has 2 aromatic rings. The van der Waals surface area contributed by atoms with Crippen LogP contribution >= 0.6 is 11.8 Å². The molecule has 0 saturated carbocycles. The first-order valence-corrected chi connectivity index (χ1v) is 11.9. The minimum atomic E-state index is -0.340. The van der Waals surface area contributed by atoms with Gasteiger partial charge >= 0.3 is 0 Å². The lowest BCUT2D eigenvalue weighted by Crippen LogP contribution is -2.49. The molecule has 0 aliphatic carbocycles. The highest BCUT2D eigenvalue weighted by atomic mass is 32.2. The topological polar surface area (TPSA) is 108 Å². The Bertz CT molecular complexity index is 1080. The number of aromatic amines is 1. The Morgan fingerprint density at radius 2 is 2.10 bits per heavy atom. The molecule has 4 rings (SSSR count). The van der Waals surface area contributed by atoms with Gasteiger partial charge in [0.05, 0.1) is 11.3 Å². The molecule has 1 amide bonds. The third kappa shape index (κ3) is 4.71. The number of H-pyrrole nitrogens is 1. The molecule has 2 unspecified atom stereocenters. The lowest BCUT2D eigenvalue weighted by Gasteiger charge is -2.42. The summed E-state index contributed by atoms with van der Waals surface area (Å²) < 4.78 is 1.84. The molecule has 2 atom stereocenters. The molecular formula is C22H28N4O4S. The maximum absolute atomic E-state index is 12.8. The molecule has 0 spiro atoms. The van der Waals surface area contributed by atoms with Gasteiger partial charge in [-0.05, 0) is 31.2 Å². The van der Waals surface area contributed by atoms with Crippen LogP contribution in [0.4, 0.5) is 0 Å². The van der Waals surface area contributed by atoms with Crippen molar-refractivity contribution in [3.63, 3.8) is 0 Å². The largest absolute Gasteiger partial charge is 0.493 e. The van der Waals surface area contributed by atoms with Crippen LogP contribution in [0, 0.1) is 5.92 Å². The van der Waals surface area contributed by atoms with E-state index in [9.17, 15) is 19.5 Å². The number of rotatable bonds is 7. The van der Waals surface area contributed by atoms with Gasteiger partial charge in [-0.1, -0.05) is 37.6 Å². The van der Waals surface area contributed by atoms with Gasteiger partial charge in [0.1, 0.15) is 0 Å². The summed E-state index contributed by atoms with van der Waals surface area (Å²) in [4.78, 5) is 45.9. The highest BCUT2D eigenvalue weighted by Gasteiger charge is 2.36. The van der Waals surface area contributed by atoms with E-state index < -0.39 is 0 Å². The second-order valence-electron chi connectivity index (χ2n) is 8.42. The minimum absolute atomic E-state index is 0.0236. The van der Waals surface area contributed by atoms with E-state index in [4.69, 9.17) is 0 Å². The fourth-order valence-electron chi connectivity index (χ4n) is 4.63. The van der Waals surface area contributed by atoms with Crippen LogP contribution in [0.3, 0.4) is 0 Å². The number of nitrogens with one attached hydrogen (secondary N) is 1. The van der Waals surface area contributed by atoms with Gasteiger partial charge < -0.3 is 19.6 Å². The number of hydrogen-bond acceptors (Lipinski definition) is 6. The number of aromatic nitrogens is 3. The normalized spacial score (nSPS) is 19.8. The molecule has 166 valence electrons. The first-order valence-electron chi connectivity index (χ1n) is 10.9. The number of nitrogens with zero attached hydrogens (tertiary/aromatic N) is 3. The van der Waals surface area contributed by atoms with E-state index in [0.29, 0.717) is 31.6 Å². The van der Waals surface area contributed by atoms with Crippen molar-refractivity contribution in [3.05, 3.63) is 50.2 Å². The highest BCUT2D eigenvalue weighted by molar-refractivity contribution is 7.99. The summed E-state index contributed by atoms with van der Waals surface area (Å²) in [5.41, 5.74) is 0.994. The molecule has 1 saturated heterocycles. The average Bonchev–Trinajstić information content (AvgIpc) is 2.74. The number of piperidine rings is 1. The quantitative estimate of drug-likeness (QED) is 0.385. The standard InChI is InChI=1S/C22H28N4O4S/c1-2-3-4-6-16-20(29)23-22(24-21(16)30)31-13-19(28)25-10-14-9-15(12-25)17-7-5-8-18(27)26(17)11-14/h5,7-8,14-15H,2-4,6,9-13H2,1H3,(H2,23,24,29,30). The van der Waals surface area contributed by atoms with Crippen molar-refractivity contribution in [2.24, 2.45) is 5.92 Å². The first kappa shape index (κ1) is 21.7. The number of carbonyl (C=O) groups excluding carboxylic acids is 1. The van der Waals surface area contributed by atoms with Crippen molar-refractivity contribution in [1.82, 2.24) is 19.4 Å². The maximum Gasteiger partial charge on any atom is 0.258 e. The van der Waals surface area contributed by atoms with Crippen molar-refractivity contribution >= 4 is 17.7 Å². The third-order valence-corrected chi connectivity index (χ3v) is 7.03. The van der Waals surface area contributed by atoms with Crippen LogP contribution in [0.15, 0.2) is 32.9 Å². The zero-order chi connectivity index (χ0) is 22.0. The summed E-state index contributed by atoms with van der Waals surface area (Å²) in [7, 11) is 0. The van der Waals surface area contributed by atoms with Crippen LogP contribution in [0.25, 0.3) is 0 Å². The Kier molecular flexibility index (Phi) is 6.50. The van der Waals surface area contributed by atoms with Gasteiger partial charge in [-0.15, -0.1) is 0 Å². The van der Waals surface area contributed by atoms with E-state index in [2.05, 4.69) is 16.9 Å². The van der Waals surface area contributed by atoms with E-state index >= 15 is 0 Å². The van der Waals surface area contributed by atoms with E-state index in [1.807, 2.05) is 15.5 Å². The molecule has 0 aromatic carbocycles. The first-order chi connectivity index (χ1) is 15.0. The van der Waals surface area contributed by atoms with Gasteiger partial charge in [0.15, 0.2) is 5.16 Å². The Morgan fingerprint density at radius 1 is 1.26 bits per heavy atom. The summed E-state index contributed by atoms with van der Waals surface area (Å²) in [6.07, 6.45) is 4.32. The fourth-order valence-corrected chi connectivity index (χ4v) is 5.39. The average molecular weight is 445 g/mol. The van der Waals surface area contributed by atoms with Crippen molar-refractivity contribution in [1.29, 1.82) is 0 Å². The Hall–Kier alpha value is -2.55. The lowest BCUT2D eigenvalue weighted by molar-refractivity contribution is -0.131. The fraction of sp³-hybridized carbons (Fsp3) is 0.545. The number of amides is 1. The zero-order valence-electron chi connectivity index (χ0n) is 17.7. The van der Waals surface area contributed by atoms with Crippen LogP contribution in [-0.2, 0) is 17.8 Å². The van der Waals surface area contributed by atoms with Crippen molar-refractivity contribution in [3.8, 4) is 5.88 Å². The van der Waals surface area contributed by atoms with Crippen LogP contribution < -0.4 is 11.1 Å². The number of unbranched alkanes of at least 4 members (excludes halogenated alkanes) is 2. The van der Waals surface area contributed by atoms with Crippen molar-refractivity contribution < 1.29 is 9.90 Å². The molecule has 2 aromatic heterocycles. The lowest BCUT2D eigenvalue weighted by atomic mass is 9.83. The van der Waals surface area contributed by atoms with Crippen LogP contribution in [0.5, 0.6) is 5.88 Å². The minimum Gasteiger partial charge on any atom is -0.493 e. The molecule has 2 N–H and O–H groups in total. The van der Waals surface area contributed by atoms with Gasteiger partial charge in [0.2, 0.25) is 11.8 Å². The number of carbonyl (C=O) groups is 1. The number of aromatic hydroxyl groups is 1. The smallest absolute Gasteiger partial charge is 0.258 e. The number of fused-ring (bicyclic) bond motifs is 4. The Morgan fingerprint density at radius 3 is 2.87 bits per heavy atom. The van der Waals surface area contributed by atoms with E-state index in [1.54, 1.807) is 12.1 Å². The Balaban J connectivity index is 1.39. The number of thioether (sulfide) groups is 1. The molecule has 4 heterocycles. The zero-order valence-corrected chi connectivity index (χ0v) is 18.5. The number of likely N-dealkylation sites (tertiary alicyclic amines) is 1. The van der Waals surface area contributed by atoms with E-state index in [0.717, 1.165) is 43.1 Å². The third-order valence-electron chi connectivity index (χ3n) is 6.17. The van der Waals surface area contributed by atoms with Crippen LogP contribution in [0.2, 0.25) is 0 Å². The summed E-state index contributed by atoms with van der Waals surface area (Å²) >= 11 is 1.13. The van der Waals surface area contributed by atoms with Gasteiger partial charge in [0, 0.05) is 37.3 Å². The molecule has 8 nitrogen and oxygen atoms in total. The molecule has 9 heteroatoms. The summed E-state index contributed by atoms with van der Waals surface area (Å²) in [5.74, 6) is 0.299. The summed E-state index contributed by atoms with van der Waals surface area (Å²) in [5, 5.41) is 10.4. The molecule has 31 heavy (non-hydrogen) atoms. The van der Waals surface area contributed by atoms with Gasteiger partial charge in [-0.2, -0.15) is 4.98 Å². The summed E-state index contributed by atoms with van der Waals surface area (Å²) in [6.45, 7) is 3.94. The monoisotopic (exact) mass is 444 g/mol. The molecular weight excluding hydrogens is 416 g/mol. The number of hydrogen-bond donors (Lipinski definition) is 2. The van der Waals surface area contributed by atoms with Crippen LogP contribution in [0.1, 0.15) is 49.8 Å². The molecule has 1 fully saturated rings. The van der Waals surface area contributed by atoms with Gasteiger partial charge in [0.25, 0.3) is 11.1 Å². The predicted molar refractivity (Wildman–Crippen MR) is 119 cm³/mol. The van der Waals surface area contributed by atoms with Crippen molar-refractivity contribution in [2.45, 2.75) is 56.6 Å². The van der Waals surface area contributed by atoms with Crippen molar-refractivity contribution in [2.75, 3.05) is 18.8 Å². The van der Waals surface area contributed by atoms with E-state index in [1.165, 1.54) is 0 Å². The van der Waals surface area contributed by atoms with Gasteiger partial charge in [-0.3, -0.25) is 14.4 Å². The second-order valence-corrected chi connectivity index (χ2v) is 9.38. The summed E-state index contributed by atoms with van der Waals surface area (Å²) in [6, 6.07) is 5.35. The van der Waals surface area contributed by atoms with Gasteiger partial charge in [-0.25, -0.2) is 0 Å². The molecule has 2 aliphatic heterocycles. The second kappa shape index (κ2) is 9.30. The SMILES string of the molecule is CCCCCc1c(O)nc(SCC(=O)N2CC3CC(C2)c2cccc(=O)n2C3)[nH]c1=O. The van der Waals surface area contributed by atoms with E-state index in [-0.39, 0.29) is 45.7 Å². The molecule has 2 bridgehead atoms.